The molecule has 30 heavy (non-hydrogen) atoms. The number of alkyl carbamates (subject to hydrolysis) is 1. The third-order valence-corrected chi connectivity index (χ3v) is 3.90. The van der Waals surface area contributed by atoms with Gasteiger partial charge in [0.15, 0.2) is 0 Å². The van der Waals surface area contributed by atoms with E-state index in [2.05, 4.69) is 24.8 Å². The Kier molecular flexibility index (Phi) is 10.4. The molecule has 1 rings (SSSR count). The molecule has 0 aromatic heterocycles. The Hall–Kier alpha value is -3.63. The summed E-state index contributed by atoms with van der Waals surface area (Å²) in [5, 5.41) is 4.47. The minimum absolute atomic E-state index is 0.00260. The molecule has 0 heterocycles. The van der Waals surface area contributed by atoms with E-state index in [0.717, 1.165) is 26.9 Å². The van der Waals surface area contributed by atoms with E-state index < -0.39 is 54.8 Å². The van der Waals surface area contributed by atoms with E-state index in [1.54, 1.807) is 24.3 Å². The van der Waals surface area contributed by atoms with Crippen LogP contribution in [0.15, 0.2) is 30.3 Å². The monoisotopic (exact) mass is 424 g/mol. The molecule has 0 aliphatic rings. The number of rotatable bonds is 10. The van der Waals surface area contributed by atoms with Crippen molar-refractivity contribution >= 4 is 29.9 Å². The van der Waals surface area contributed by atoms with Crippen LogP contribution in [0.25, 0.3) is 0 Å². The van der Waals surface area contributed by atoms with E-state index in [1.807, 2.05) is 6.07 Å². The van der Waals surface area contributed by atoms with Gasteiger partial charge in [0.2, 0.25) is 5.91 Å². The molecule has 11 nitrogen and oxygen atoms in total. The lowest BCUT2D eigenvalue weighted by molar-refractivity contribution is -0.159. The first-order chi connectivity index (χ1) is 14.3. The summed E-state index contributed by atoms with van der Waals surface area (Å²) >= 11 is 0. The van der Waals surface area contributed by atoms with Crippen LogP contribution in [0.3, 0.4) is 0 Å². The molecule has 0 aliphatic carbocycles. The van der Waals surface area contributed by atoms with Crippen LogP contribution in [0.4, 0.5) is 4.79 Å². The summed E-state index contributed by atoms with van der Waals surface area (Å²) in [6.07, 6.45) is -1.39. The van der Waals surface area contributed by atoms with Crippen LogP contribution in [-0.2, 0) is 44.7 Å². The molecule has 0 unspecified atom stereocenters. The first-order valence-electron chi connectivity index (χ1n) is 8.78. The smallest absolute Gasteiger partial charge is 0.407 e. The number of hydrogen-bond donors (Lipinski definition) is 2. The van der Waals surface area contributed by atoms with Crippen LogP contribution in [0.2, 0.25) is 0 Å². The van der Waals surface area contributed by atoms with Gasteiger partial charge in [0.25, 0.3) is 0 Å². The van der Waals surface area contributed by atoms with Gasteiger partial charge >= 0.3 is 24.0 Å². The topological polar surface area (TPSA) is 146 Å². The van der Waals surface area contributed by atoms with Crippen molar-refractivity contribution in [1.82, 2.24) is 10.6 Å². The zero-order valence-electron chi connectivity index (χ0n) is 16.8. The molecule has 0 saturated carbocycles. The van der Waals surface area contributed by atoms with E-state index in [0.29, 0.717) is 0 Å². The quantitative estimate of drug-likeness (QED) is 0.389. The summed E-state index contributed by atoms with van der Waals surface area (Å²) in [5.74, 6) is -4.90. The minimum atomic E-state index is -1.53. The van der Waals surface area contributed by atoms with Crippen molar-refractivity contribution in [3.8, 4) is 0 Å². The standard InChI is InChI=1S/C19H24N2O9/c1-27-15(23)9-13(17(24)28-2)16(18(25)29-3)21-14(22)10-20-19(26)30-11-12-7-5-4-6-8-12/h4-8,13,16H,9-11H2,1-3H3,(H,20,26)(H,21,22)/t13-,16+/m1/s1. The number of nitrogens with one attached hydrogen (secondary N) is 2. The molecule has 0 saturated heterocycles. The van der Waals surface area contributed by atoms with Crippen LogP contribution >= 0.6 is 0 Å². The molecule has 0 fully saturated rings. The van der Waals surface area contributed by atoms with Crippen LogP contribution in [0, 0.1) is 5.92 Å². The average molecular weight is 424 g/mol. The fourth-order valence-electron chi connectivity index (χ4n) is 2.35. The van der Waals surface area contributed by atoms with Crippen LogP contribution in [-0.4, -0.2) is 63.8 Å². The molecule has 0 bridgehead atoms. The van der Waals surface area contributed by atoms with E-state index >= 15 is 0 Å². The number of carbonyl (C=O) groups is 5. The first kappa shape index (κ1) is 24.4. The highest BCUT2D eigenvalue weighted by molar-refractivity contribution is 5.92. The van der Waals surface area contributed by atoms with Gasteiger partial charge in [0.05, 0.1) is 33.7 Å². The third kappa shape index (κ3) is 8.17. The van der Waals surface area contributed by atoms with E-state index in [1.165, 1.54) is 0 Å². The van der Waals surface area contributed by atoms with Gasteiger partial charge in [-0.1, -0.05) is 30.3 Å². The molecular formula is C19H24N2O9. The Morgan fingerprint density at radius 1 is 0.900 bits per heavy atom. The van der Waals surface area contributed by atoms with Gasteiger partial charge < -0.3 is 29.6 Å². The molecule has 1 aromatic rings. The second-order valence-electron chi connectivity index (χ2n) is 5.89. The number of hydrogen-bond acceptors (Lipinski definition) is 9. The molecule has 0 spiro atoms. The van der Waals surface area contributed by atoms with Crippen LogP contribution < -0.4 is 10.6 Å². The Bertz CT molecular complexity index is 752. The van der Waals surface area contributed by atoms with Gasteiger partial charge in [0.1, 0.15) is 19.2 Å². The van der Waals surface area contributed by atoms with Gasteiger partial charge in [-0.05, 0) is 5.56 Å². The highest BCUT2D eigenvalue weighted by atomic mass is 16.6. The fraction of sp³-hybridized carbons (Fsp3) is 0.421. The maximum atomic E-state index is 12.2. The Balaban J connectivity index is 2.68. The minimum Gasteiger partial charge on any atom is -0.469 e. The fourth-order valence-corrected chi connectivity index (χ4v) is 2.35. The highest BCUT2D eigenvalue weighted by Gasteiger charge is 2.38. The number of ether oxygens (including phenoxy) is 4. The number of benzene rings is 1. The van der Waals surface area contributed by atoms with Gasteiger partial charge in [-0.25, -0.2) is 9.59 Å². The largest absolute Gasteiger partial charge is 0.469 e. The molecule has 1 aromatic carbocycles. The molecule has 0 aliphatic heterocycles. The molecular weight excluding hydrogens is 400 g/mol. The van der Waals surface area contributed by atoms with Gasteiger partial charge in [-0.3, -0.25) is 14.4 Å². The molecule has 2 N–H and O–H groups in total. The number of amides is 2. The number of carbonyl (C=O) groups excluding carboxylic acids is 5. The average Bonchev–Trinajstić information content (AvgIpc) is 2.77. The van der Waals surface area contributed by atoms with Crippen molar-refractivity contribution in [2.75, 3.05) is 27.9 Å². The van der Waals surface area contributed by atoms with Gasteiger partial charge in [-0.15, -0.1) is 0 Å². The van der Waals surface area contributed by atoms with E-state index in [-0.39, 0.29) is 6.61 Å². The van der Waals surface area contributed by atoms with Crippen molar-refractivity contribution < 1.29 is 42.9 Å². The number of methoxy groups -OCH3 is 3. The molecule has 2 amide bonds. The second-order valence-corrected chi connectivity index (χ2v) is 5.89. The lowest BCUT2D eigenvalue weighted by atomic mass is 9.96. The van der Waals surface area contributed by atoms with Gasteiger partial charge in [-0.2, -0.15) is 0 Å². The van der Waals surface area contributed by atoms with Crippen molar-refractivity contribution in [2.45, 2.75) is 19.1 Å². The first-order valence-corrected chi connectivity index (χ1v) is 8.78. The predicted molar refractivity (Wildman–Crippen MR) is 101 cm³/mol. The van der Waals surface area contributed by atoms with Crippen molar-refractivity contribution in [1.29, 1.82) is 0 Å². The zero-order valence-corrected chi connectivity index (χ0v) is 16.8. The SMILES string of the molecule is COC(=O)C[C@@H](C(=O)OC)[C@H](NC(=O)CNC(=O)OCc1ccccc1)C(=O)OC. The van der Waals surface area contributed by atoms with Crippen molar-refractivity contribution in [2.24, 2.45) is 5.92 Å². The van der Waals surface area contributed by atoms with Crippen molar-refractivity contribution in [3.05, 3.63) is 35.9 Å². The van der Waals surface area contributed by atoms with E-state index in [9.17, 15) is 24.0 Å². The lowest BCUT2D eigenvalue weighted by Gasteiger charge is -2.23. The maximum absolute atomic E-state index is 12.2. The third-order valence-electron chi connectivity index (χ3n) is 3.90. The summed E-state index contributed by atoms with van der Waals surface area (Å²) in [4.78, 5) is 59.6. The zero-order chi connectivity index (χ0) is 22.5. The normalized spacial score (nSPS) is 12.0. The molecule has 0 radical (unpaired) electrons. The summed E-state index contributed by atoms with van der Waals surface area (Å²) in [5.41, 5.74) is 0.756. The van der Waals surface area contributed by atoms with Crippen LogP contribution in [0.1, 0.15) is 12.0 Å². The van der Waals surface area contributed by atoms with Gasteiger partial charge in [0, 0.05) is 0 Å². The lowest BCUT2D eigenvalue weighted by Crippen LogP contribution is -2.52. The number of esters is 3. The highest BCUT2D eigenvalue weighted by Crippen LogP contribution is 2.14. The van der Waals surface area contributed by atoms with E-state index in [4.69, 9.17) is 4.74 Å². The summed E-state index contributed by atoms with van der Waals surface area (Å²) in [7, 11) is 3.22. The Morgan fingerprint density at radius 2 is 1.53 bits per heavy atom. The summed E-state index contributed by atoms with van der Waals surface area (Å²) in [6, 6.07) is 7.36. The summed E-state index contributed by atoms with van der Waals surface area (Å²) < 4.78 is 18.6. The second kappa shape index (κ2) is 12.8. The molecule has 2 atom stereocenters. The van der Waals surface area contributed by atoms with Crippen molar-refractivity contribution in [3.63, 3.8) is 0 Å². The summed E-state index contributed by atoms with van der Waals surface area (Å²) in [6.45, 7) is -0.546. The molecule has 164 valence electrons. The predicted octanol–water partition coefficient (Wildman–Crippen LogP) is -0.0771. The van der Waals surface area contributed by atoms with Crippen LogP contribution in [0.5, 0.6) is 0 Å². The maximum Gasteiger partial charge on any atom is 0.407 e. The molecule has 11 heteroatoms. The Labute approximate surface area is 173 Å². The Morgan fingerprint density at radius 3 is 2.10 bits per heavy atom.